The molecule has 144 valence electrons. The fraction of sp³-hybridized carbons (Fsp3) is 0.500. The number of hydrogen-bond acceptors (Lipinski definition) is 3. The second-order valence-electron chi connectivity index (χ2n) is 7.04. The van der Waals surface area contributed by atoms with E-state index in [0.29, 0.717) is 37.2 Å². The maximum Gasteiger partial charge on any atom is 0.346 e. The highest BCUT2D eigenvalue weighted by molar-refractivity contribution is 6.31. The first-order chi connectivity index (χ1) is 12.9. The Morgan fingerprint density at radius 2 is 2.15 bits per heavy atom. The first kappa shape index (κ1) is 18.2. The number of aromatic nitrogens is 3. The summed E-state index contributed by atoms with van der Waals surface area (Å²) >= 11 is 6.05. The van der Waals surface area contributed by atoms with E-state index in [4.69, 9.17) is 11.6 Å². The van der Waals surface area contributed by atoms with Crippen LogP contribution < -0.4 is 5.69 Å². The van der Waals surface area contributed by atoms with Crippen LogP contribution in [0.15, 0.2) is 23.0 Å². The summed E-state index contributed by atoms with van der Waals surface area (Å²) in [6.07, 6.45) is 1.19. The average molecular weight is 397 g/mol. The van der Waals surface area contributed by atoms with Crippen LogP contribution in [0, 0.1) is 5.82 Å². The molecule has 0 N–H and O–H groups in total. The van der Waals surface area contributed by atoms with Crippen molar-refractivity contribution in [3.05, 3.63) is 50.9 Å². The third-order valence-electron chi connectivity index (χ3n) is 5.19. The van der Waals surface area contributed by atoms with Gasteiger partial charge >= 0.3 is 5.69 Å². The summed E-state index contributed by atoms with van der Waals surface area (Å²) in [5.41, 5.74) is 0.165. The lowest BCUT2D eigenvalue weighted by Gasteiger charge is -2.26. The Bertz CT molecular complexity index is 942. The summed E-state index contributed by atoms with van der Waals surface area (Å²) in [5.74, 6) is -0.140. The molecule has 27 heavy (non-hydrogen) atoms. The second-order valence-corrected chi connectivity index (χ2v) is 7.45. The Kier molecular flexibility index (Phi) is 4.75. The smallest absolute Gasteiger partial charge is 0.338 e. The Balaban J connectivity index is 1.64. The molecule has 2 aromatic rings. The van der Waals surface area contributed by atoms with E-state index in [9.17, 15) is 18.4 Å². The first-order valence-electron chi connectivity index (χ1n) is 8.99. The third-order valence-corrected chi connectivity index (χ3v) is 5.55. The van der Waals surface area contributed by atoms with Crippen LogP contribution in [0.3, 0.4) is 0 Å². The maximum atomic E-state index is 13.5. The number of nitrogens with zero attached hydrogens (tertiary/aromatic N) is 4. The molecule has 1 saturated heterocycles. The molecule has 0 aliphatic carbocycles. The van der Waals surface area contributed by atoms with Gasteiger partial charge in [-0.25, -0.2) is 18.3 Å². The molecule has 2 atom stereocenters. The highest BCUT2D eigenvalue weighted by atomic mass is 35.5. The summed E-state index contributed by atoms with van der Waals surface area (Å²) in [6.45, 7) is 0.549. The molecule has 3 heterocycles. The zero-order valence-electron chi connectivity index (χ0n) is 14.6. The SMILES string of the molecule is O=C([C@@H]1CCCc2nn(Cc3ccc(F)cc3Cl)c(=O)n21)N1CC[C@H](F)C1. The van der Waals surface area contributed by atoms with Crippen molar-refractivity contribution in [3.63, 3.8) is 0 Å². The summed E-state index contributed by atoms with van der Waals surface area (Å²) in [5, 5.41) is 4.57. The number of aryl methyl sites for hydroxylation is 1. The van der Waals surface area contributed by atoms with E-state index in [1.165, 1.54) is 32.3 Å². The molecule has 2 aliphatic heterocycles. The van der Waals surface area contributed by atoms with Crippen molar-refractivity contribution in [2.75, 3.05) is 13.1 Å². The Morgan fingerprint density at radius 3 is 2.85 bits per heavy atom. The summed E-state index contributed by atoms with van der Waals surface area (Å²) in [6, 6.07) is 3.32. The van der Waals surface area contributed by atoms with Crippen molar-refractivity contribution in [3.8, 4) is 0 Å². The lowest BCUT2D eigenvalue weighted by atomic mass is 10.0. The van der Waals surface area contributed by atoms with Crippen LogP contribution in [0.2, 0.25) is 5.02 Å². The topological polar surface area (TPSA) is 60.1 Å². The molecule has 6 nitrogen and oxygen atoms in total. The van der Waals surface area contributed by atoms with Crippen molar-refractivity contribution < 1.29 is 13.6 Å². The van der Waals surface area contributed by atoms with E-state index in [1.807, 2.05) is 0 Å². The van der Waals surface area contributed by atoms with Crippen LogP contribution in [-0.4, -0.2) is 44.4 Å². The van der Waals surface area contributed by atoms with E-state index in [1.54, 1.807) is 0 Å². The van der Waals surface area contributed by atoms with Gasteiger partial charge in [-0.05, 0) is 37.0 Å². The molecular weight excluding hydrogens is 378 g/mol. The van der Waals surface area contributed by atoms with Crippen molar-refractivity contribution in [2.45, 2.75) is 44.4 Å². The van der Waals surface area contributed by atoms with Gasteiger partial charge in [0.15, 0.2) is 0 Å². The number of alkyl halides is 1. The van der Waals surface area contributed by atoms with Crippen molar-refractivity contribution in [2.24, 2.45) is 0 Å². The van der Waals surface area contributed by atoms with Crippen molar-refractivity contribution in [1.29, 1.82) is 0 Å². The zero-order chi connectivity index (χ0) is 19.1. The van der Waals surface area contributed by atoms with E-state index in [2.05, 4.69) is 5.10 Å². The molecule has 2 aliphatic rings. The minimum atomic E-state index is -1.00. The monoisotopic (exact) mass is 396 g/mol. The molecule has 0 bridgehead atoms. The van der Waals surface area contributed by atoms with Crippen LogP contribution in [0.25, 0.3) is 0 Å². The molecule has 1 aromatic carbocycles. The van der Waals surface area contributed by atoms with Crippen molar-refractivity contribution in [1.82, 2.24) is 19.2 Å². The molecule has 0 radical (unpaired) electrons. The maximum absolute atomic E-state index is 13.5. The van der Waals surface area contributed by atoms with E-state index in [-0.39, 0.29) is 24.0 Å². The predicted octanol–water partition coefficient (Wildman–Crippen LogP) is 2.33. The van der Waals surface area contributed by atoms with Gasteiger partial charge in [0.2, 0.25) is 5.91 Å². The number of carbonyl (C=O) groups is 1. The second kappa shape index (κ2) is 7.07. The fourth-order valence-corrected chi connectivity index (χ4v) is 4.04. The fourth-order valence-electron chi connectivity index (χ4n) is 3.81. The van der Waals surface area contributed by atoms with E-state index < -0.39 is 23.7 Å². The lowest BCUT2D eigenvalue weighted by Crippen LogP contribution is -2.41. The van der Waals surface area contributed by atoms with Gasteiger partial charge in [0.05, 0.1) is 13.1 Å². The number of hydrogen-bond donors (Lipinski definition) is 0. The van der Waals surface area contributed by atoms with Gasteiger partial charge in [-0.1, -0.05) is 17.7 Å². The van der Waals surface area contributed by atoms with Crippen molar-refractivity contribution >= 4 is 17.5 Å². The Morgan fingerprint density at radius 1 is 1.33 bits per heavy atom. The molecule has 4 rings (SSSR count). The largest absolute Gasteiger partial charge is 0.346 e. The number of amides is 1. The van der Waals surface area contributed by atoms with E-state index in [0.717, 1.165) is 6.42 Å². The molecule has 1 aromatic heterocycles. The molecule has 9 heteroatoms. The van der Waals surface area contributed by atoms with Gasteiger partial charge in [-0.3, -0.25) is 9.36 Å². The van der Waals surface area contributed by atoms with E-state index >= 15 is 0 Å². The normalized spacial score (nSPS) is 22.1. The molecule has 1 amide bonds. The quantitative estimate of drug-likeness (QED) is 0.800. The van der Waals surface area contributed by atoms with Crippen LogP contribution in [0.5, 0.6) is 0 Å². The third kappa shape index (κ3) is 3.38. The number of benzene rings is 1. The molecule has 0 saturated carbocycles. The standard InChI is InChI=1S/C18H19ClF2N4O2/c19-14-8-12(20)5-4-11(14)9-24-18(27)25-15(2-1-3-16(25)22-24)17(26)23-7-6-13(21)10-23/h4-5,8,13,15H,1-3,6-7,9-10H2/t13-,15-/m0/s1. The minimum Gasteiger partial charge on any atom is -0.338 e. The van der Waals surface area contributed by atoms with Crippen LogP contribution in [0.4, 0.5) is 8.78 Å². The van der Waals surface area contributed by atoms with Gasteiger partial charge in [0, 0.05) is 18.0 Å². The Labute approximate surface area is 159 Å². The molecule has 1 fully saturated rings. The van der Waals surface area contributed by atoms with Gasteiger partial charge < -0.3 is 4.90 Å². The average Bonchev–Trinajstić information content (AvgIpc) is 3.21. The van der Waals surface area contributed by atoms with Crippen LogP contribution in [0.1, 0.15) is 36.7 Å². The predicted molar refractivity (Wildman–Crippen MR) is 95.1 cm³/mol. The first-order valence-corrected chi connectivity index (χ1v) is 9.37. The molecule has 0 spiro atoms. The number of halogens is 3. The van der Waals surface area contributed by atoms with Gasteiger partial charge in [0.1, 0.15) is 23.9 Å². The number of likely N-dealkylation sites (tertiary alicyclic amines) is 1. The highest BCUT2D eigenvalue weighted by Crippen LogP contribution is 2.26. The number of rotatable bonds is 3. The number of carbonyl (C=O) groups excluding carboxylic acids is 1. The van der Waals surface area contributed by atoms with Crippen LogP contribution in [-0.2, 0) is 17.8 Å². The molecule has 0 unspecified atom stereocenters. The highest BCUT2D eigenvalue weighted by Gasteiger charge is 2.36. The van der Waals surface area contributed by atoms with Gasteiger partial charge in [0.25, 0.3) is 0 Å². The summed E-state index contributed by atoms with van der Waals surface area (Å²) in [7, 11) is 0. The number of fused-ring (bicyclic) bond motifs is 1. The Hall–Kier alpha value is -2.22. The lowest BCUT2D eigenvalue weighted by molar-refractivity contribution is -0.134. The van der Waals surface area contributed by atoms with Crippen LogP contribution >= 0.6 is 11.6 Å². The zero-order valence-corrected chi connectivity index (χ0v) is 15.3. The summed E-state index contributed by atoms with van der Waals surface area (Å²) in [4.78, 5) is 27.2. The van der Waals surface area contributed by atoms with Gasteiger partial charge in [-0.2, -0.15) is 5.10 Å². The van der Waals surface area contributed by atoms with Gasteiger partial charge in [-0.15, -0.1) is 0 Å². The summed E-state index contributed by atoms with van der Waals surface area (Å²) < 4.78 is 29.4. The molecular formula is C18H19ClF2N4O2. The minimum absolute atomic E-state index is 0.0821.